The largest absolute Gasteiger partial charge is 0.508 e. The van der Waals surface area contributed by atoms with Crippen molar-refractivity contribution in [1.29, 1.82) is 0 Å². The lowest BCUT2D eigenvalue weighted by molar-refractivity contribution is -0.0961. The Morgan fingerprint density at radius 2 is 1.80 bits per heavy atom. The zero-order valence-electron chi connectivity index (χ0n) is 9.06. The first kappa shape index (κ1) is 10.5. The summed E-state index contributed by atoms with van der Waals surface area (Å²) in [6.45, 7) is 5.19. The first-order valence-corrected chi connectivity index (χ1v) is 5.34. The van der Waals surface area contributed by atoms with Crippen molar-refractivity contribution >= 4 is 0 Å². The van der Waals surface area contributed by atoms with E-state index in [0.717, 1.165) is 11.1 Å². The van der Waals surface area contributed by atoms with E-state index in [1.165, 1.54) is 0 Å². The molecule has 1 aromatic carbocycles. The van der Waals surface area contributed by atoms with E-state index in [2.05, 4.69) is 0 Å². The molecule has 1 aromatic rings. The van der Waals surface area contributed by atoms with Crippen molar-refractivity contribution in [3.05, 3.63) is 29.3 Å². The van der Waals surface area contributed by atoms with Gasteiger partial charge in [-0.2, -0.15) is 0 Å². The van der Waals surface area contributed by atoms with E-state index < -0.39 is 0 Å². The fraction of sp³-hybridized carbons (Fsp3) is 0.500. The van der Waals surface area contributed by atoms with Crippen LogP contribution in [0.15, 0.2) is 18.2 Å². The molecule has 1 aliphatic carbocycles. The average Bonchev–Trinajstić information content (AvgIpc) is 2.23. The van der Waals surface area contributed by atoms with Crippen molar-refractivity contribution in [2.24, 2.45) is 0 Å². The fourth-order valence-corrected chi connectivity index (χ4v) is 2.05. The minimum absolute atomic E-state index is 0.0166. The van der Waals surface area contributed by atoms with Crippen molar-refractivity contribution in [2.75, 3.05) is 13.2 Å². The van der Waals surface area contributed by atoms with Crippen molar-refractivity contribution < 1.29 is 14.6 Å². The standard InChI is InChI=1S/C12H16O3/c1-3-14-11-8-6-5-7-9(13)10(8)12(11)15-4-2/h5-7,11-13H,3-4H2,1-2H3. The van der Waals surface area contributed by atoms with Crippen LogP contribution >= 0.6 is 0 Å². The van der Waals surface area contributed by atoms with Gasteiger partial charge in [0.25, 0.3) is 0 Å². The van der Waals surface area contributed by atoms with Crippen LogP contribution in [-0.4, -0.2) is 18.3 Å². The highest BCUT2D eigenvalue weighted by molar-refractivity contribution is 5.50. The molecule has 0 aliphatic heterocycles. The Balaban J connectivity index is 2.27. The van der Waals surface area contributed by atoms with Gasteiger partial charge in [0.15, 0.2) is 0 Å². The third-order valence-electron chi connectivity index (χ3n) is 2.68. The van der Waals surface area contributed by atoms with Gasteiger partial charge in [-0.25, -0.2) is 0 Å². The summed E-state index contributed by atoms with van der Waals surface area (Å²) in [7, 11) is 0. The number of phenols is 1. The highest BCUT2D eigenvalue weighted by Gasteiger charge is 2.41. The van der Waals surface area contributed by atoms with Crippen LogP contribution in [0.5, 0.6) is 5.75 Å². The zero-order valence-corrected chi connectivity index (χ0v) is 9.06. The SMILES string of the molecule is CCOC1c2cccc(O)c2C1OCC. The van der Waals surface area contributed by atoms with Gasteiger partial charge in [-0.15, -0.1) is 0 Å². The molecule has 1 N–H and O–H groups in total. The second-order valence-electron chi connectivity index (χ2n) is 3.53. The summed E-state index contributed by atoms with van der Waals surface area (Å²) in [6, 6.07) is 5.50. The summed E-state index contributed by atoms with van der Waals surface area (Å²) >= 11 is 0. The quantitative estimate of drug-likeness (QED) is 0.826. The van der Waals surface area contributed by atoms with Crippen LogP contribution in [0, 0.1) is 0 Å². The number of rotatable bonds is 4. The van der Waals surface area contributed by atoms with E-state index in [1.54, 1.807) is 6.07 Å². The summed E-state index contributed by atoms with van der Waals surface area (Å²) in [5.41, 5.74) is 1.94. The first-order chi connectivity index (χ1) is 7.29. The van der Waals surface area contributed by atoms with E-state index in [4.69, 9.17) is 9.47 Å². The second kappa shape index (κ2) is 4.21. The normalized spacial score (nSPS) is 23.3. The Labute approximate surface area is 89.6 Å². The molecule has 0 heterocycles. The van der Waals surface area contributed by atoms with Gasteiger partial charge in [0.2, 0.25) is 0 Å². The van der Waals surface area contributed by atoms with Gasteiger partial charge in [-0.05, 0) is 25.5 Å². The fourth-order valence-electron chi connectivity index (χ4n) is 2.05. The number of phenolic OH excluding ortho intramolecular Hbond substituents is 1. The molecular weight excluding hydrogens is 192 g/mol. The first-order valence-electron chi connectivity index (χ1n) is 5.34. The molecule has 3 heteroatoms. The lowest BCUT2D eigenvalue weighted by Crippen LogP contribution is -2.28. The average molecular weight is 208 g/mol. The van der Waals surface area contributed by atoms with E-state index in [0.29, 0.717) is 19.0 Å². The summed E-state index contributed by atoms with van der Waals surface area (Å²) in [6.07, 6.45) is -0.122. The van der Waals surface area contributed by atoms with Crippen LogP contribution in [-0.2, 0) is 9.47 Å². The minimum atomic E-state index is -0.105. The minimum Gasteiger partial charge on any atom is -0.508 e. The molecule has 0 saturated carbocycles. The number of hydrogen-bond acceptors (Lipinski definition) is 3. The van der Waals surface area contributed by atoms with E-state index in [-0.39, 0.29) is 12.2 Å². The van der Waals surface area contributed by atoms with Crippen molar-refractivity contribution in [3.8, 4) is 5.75 Å². The van der Waals surface area contributed by atoms with Crippen LogP contribution < -0.4 is 0 Å². The van der Waals surface area contributed by atoms with Crippen LogP contribution in [0.4, 0.5) is 0 Å². The molecular formula is C12H16O3. The Morgan fingerprint density at radius 3 is 2.47 bits per heavy atom. The molecule has 3 nitrogen and oxygen atoms in total. The monoisotopic (exact) mass is 208 g/mol. The molecule has 82 valence electrons. The number of fused-ring (bicyclic) bond motifs is 1. The molecule has 0 bridgehead atoms. The lowest BCUT2D eigenvalue weighted by Gasteiger charge is -2.38. The summed E-state index contributed by atoms with van der Waals surface area (Å²) in [4.78, 5) is 0. The Hall–Kier alpha value is -1.06. The van der Waals surface area contributed by atoms with Gasteiger partial charge in [0.1, 0.15) is 18.0 Å². The number of hydrogen-bond donors (Lipinski definition) is 1. The zero-order chi connectivity index (χ0) is 10.8. The van der Waals surface area contributed by atoms with Crippen LogP contribution in [0.2, 0.25) is 0 Å². The Morgan fingerprint density at radius 1 is 1.13 bits per heavy atom. The number of ether oxygens (including phenoxy) is 2. The van der Waals surface area contributed by atoms with E-state index >= 15 is 0 Å². The molecule has 1 aliphatic rings. The molecule has 0 spiro atoms. The van der Waals surface area contributed by atoms with Crippen molar-refractivity contribution in [1.82, 2.24) is 0 Å². The molecule has 15 heavy (non-hydrogen) atoms. The maximum atomic E-state index is 9.70. The molecule has 2 rings (SSSR count). The molecule has 2 atom stereocenters. The molecule has 0 saturated heterocycles. The molecule has 0 radical (unpaired) electrons. The van der Waals surface area contributed by atoms with Crippen LogP contribution in [0.25, 0.3) is 0 Å². The topological polar surface area (TPSA) is 38.7 Å². The predicted octanol–water partition coefficient (Wildman–Crippen LogP) is 2.56. The van der Waals surface area contributed by atoms with Gasteiger partial charge < -0.3 is 14.6 Å². The van der Waals surface area contributed by atoms with E-state index in [1.807, 2.05) is 26.0 Å². The molecule has 0 aromatic heterocycles. The molecule has 0 fully saturated rings. The van der Waals surface area contributed by atoms with Gasteiger partial charge >= 0.3 is 0 Å². The van der Waals surface area contributed by atoms with Crippen LogP contribution in [0.1, 0.15) is 37.2 Å². The summed E-state index contributed by atoms with van der Waals surface area (Å²) in [5, 5.41) is 9.70. The second-order valence-corrected chi connectivity index (χ2v) is 3.53. The van der Waals surface area contributed by atoms with E-state index in [9.17, 15) is 5.11 Å². The van der Waals surface area contributed by atoms with Gasteiger partial charge in [-0.1, -0.05) is 12.1 Å². The van der Waals surface area contributed by atoms with Crippen molar-refractivity contribution in [2.45, 2.75) is 26.1 Å². The number of benzene rings is 1. The maximum Gasteiger partial charge on any atom is 0.121 e. The maximum absolute atomic E-state index is 9.70. The summed E-state index contributed by atoms with van der Waals surface area (Å²) < 4.78 is 11.2. The summed E-state index contributed by atoms with van der Waals surface area (Å²) in [5.74, 6) is 0.307. The highest BCUT2D eigenvalue weighted by atomic mass is 16.5. The lowest BCUT2D eigenvalue weighted by atomic mass is 9.81. The molecule has 2 unspecified atom stereocenters. The third-order valence-corrected chi connectivity index (χ3v) is 2.68. The van der Waals surface area contributed by atoms with Gasteiger partial charge in [0, 0.05) is 18.8 Å². The smallest absolute Gasteiger partial charge is 0.121 e. The number of aromatic hydroxyl groups is 1. The van der Waals surface area contributed by atoms with Crippen molar-refractivity contribution in [3.63, 3.8) is 0 Å². The Bertz CT molecular complexity index is 349. The predicted molar refractivity (Wildman–Crippen MR) is 56.8 cm³/mol. The molecule has 0 amide bonds. The van der Waals surface area contributed by atoms with Gasteiger partial charge in [-0.3, -0.25) is 0 Å². The Kier molecular flexibility index (Phi) is 2.93. The van der Waals surface area contributed by atoms with Crippen LogP contribution in [0.3, 0.4) is 0 Å². The van der Waals surface area contributed by atoms with Gasteiger partial charge in [0.05, 0.1) is 0 Å². The third kappa shape index (κ3) is 1.62. The highest BCUT2D eigenvalue weighted by Crippen LogP contribution is 2.51.